The van der Waals surface area contributed by atoms with Crippen LogP contribution in [0.4, 0.5) is 17.1 Å². The molecule has 0 spiro atoms. The molecule has 0 saturated heterocycles. The predicted octanol–water partition coefficient (Wildman–Crippen LogP) is 12.9. The van der Waals surface area contributed by atoms with Crippen molar-refractivity contribution in [3.63, 3.8) is 0 Å². The molecule has 2 heteroatoms. The van der Waals surface area contributed by atoms with Crippen molar-refractivity contribution in [2.45, 2.75) is 9.79 Å². The third kappa shape index (κ3) is 5.67. The molecule has 0 aromatic heterocycles. The Bertz CT molecular complexity index is 2250. The molecule has 0 aliphatic carbocycles. The van der Waals surface area contributed by atoms with Crippen LogP contribution in [0.15, 0.2) is 198 Å². The van der Waals surface area contributed by atoms with Gasteiger partial charge in [0.25, 0.3) is 0 Å². The molecule has 0 fully saturated rings. The molecule has 1 nitrogen and oxygen atoms in total. The highest BCUT2D eigenvalue weighted by Crippen LogP contribution is 2.39. The van der Waals surface area contributed by atoms with Crippen LogP contribution in [0.2, 0.25) is 0 Å². The zero-order chi connectivity index (χ0) is 30.7. The van der Waals surface area contributed by atoms with Crippen LogP contribution in [0.1, 0.15) is 0 Å². The van der Waals surface area contributed by atoms with Gasteiger partial charge in [0.1, 0.15) is 0 Å². The number of hydrogen-bond acceptors (Lipinski definition) is 2. The van der Waals surface area contributed by atoms with Crippen molar-refractivity contribution in [1.82, 2.24) is 0 Å². The molecule has 0 saturated carbocycles. The van der Waals surface area contributed by atoms with E-state index in [-0.39, 0.29) is 0 Å². The van der Waals surface area contributed by atoms with Crippen LogP contribution in [0, 0.1) is 0 Å². The van der Waals surface area contributed by atoms with Crippen LogP contribution in [-0.4, -0.2) is 0 Å². The van der Waals surface area contributed by atoms with Gasteiger partial charge in [-0.1, -0.05) is 145 Å². The van der Waals surface area contributed by atoms with E-state index in [4.69, 9.17) is 0 Å². The van der Waals surface area contributed by atoms with Crippen molar-refractivity contribution in [3.05, 3.63) is 188 Å². The van der Waals surface area contributed by atoms with Crippen LogP contribution < -0.4 is 4.90 Å². The van der Waals surface area contributed by atoms with E-state index in [9.17, 15) is 0 Å². The quantitative estimate of drug-likeness (QED) is 0.178. The lowest BCUT2D eigenvalue weighted by atomic mass is 10.0. The summed E-state index contributed by atoms with van der Waals surface area (Å²) in [6.45, 7) is 0. The van der Waals surface area contributed by atoms with Gasteiger partial charge in [0.05, 0.1) is 0 Å². The van der Waals surface area contributed by atoms with Crippen molar-refractivity contribution < 1.29 is 0 Å². The average Bonchev–Trinajstić information content (AvgIpc) is 3.13. The molecule has 0 aliphatic rings. The lowest BCUT2D eigenvalue weighted by Gasteiger charge is -2.26. The number of anilines is 3. The van der Waals surface area contributed by atoms with Crippen molar-refractivity contribution in [2.24, 2.45) is 0 Å². The summed E-state index contributed by atoms with van der Waals surface area (Å²) < 4.78 is 0. The molecular weight excluding hydrogens is 575 g/mol. The zero-order valence-corrected chi connectivity index (χ0v) is 26.1. The first-order valence-electron chi connectivity index (χ1n) is 15.6. The van der Waals surface area contributed by atoms with Crippen LogP contribution >= 0.6 is 11.8 Å². The number of rotatable bonds is 7. The van der Waals surface area contributed by atoms with Gasteiger partial charge in [-0.05, 0) is 98.4 Å². The molecule has 218 valence electrons. The van der Waals surface area contributed by atoms with Crippen molar-refractivity contribution in [3.8, 4) is 22.3 Å². The van der Waals surface area contributed by atoms with Crippen LogP contribution in [-0.2, 0) is 0 Å². The van der Waals surface area contributed by atoms with E-state index in [1.165, 1.54) is 53.6 Å². The van der Waals surface area contributed by atoms with E-state index >= 15 is 0 Å². The highest BCUT2D eigenvalue weighted by Gasteiger charge is 2.14. The molecule has 0 unspecified atom stereocenters. The second-order valence-corrected chi connectivity index (χ2v) is 12.5. The Hall–Kier alpha value is -5.57. The fourth-order valence-electron chi connectivity index (χ4n) is 6.13. The molecular formula is C44H31NS. The summed E-state index contributed by atoms with van der Waals surface area (Å²) in [7, 11) is 0. The summed E-state index contributed by atoms with van der Waals surface area (Å²) in [5, 5.41) is 5.03. The molecule has 46 heavy (non-hydrogen) atoms. The second kappa shape index (κ2) is 12.4. The first-order valence-corrected chi connectivity index (χ1v) is 16.4. The molecule has 0 heterocycles. The second-order valence-electron chi connectivity index (χ2n) is 11.4. The summed E-state index contributed by atoms with van der Waals surface area (Å²) >= 11 is 1.82. The number of nitrogens with zero attached hydrogens (tertiary/aromatic N) is 1. The van der Waals surface area contributed by atoms with Gasteiger partial charge in [0.2, 0.25) is 0 Å². The van der Waals surface area contributed by atoms with E-state index in [2.05, 4.69) is 193 Å². The summed E-state index contributed by atoms with van der Waals surface area (Å²) in [6, 6.07) is 67.6. The minimum absolute atomic E-state index is 1.12. The van der Waals surface area contributed by atoms with Gasteiger partial charge >= 0.3 is 0 Å². The minimum atomic E-state index is 1.12. The third-order valence-electron chi connectivity index (χ3n) is 8.51. The van der Waals surface area contributed by atoms with Crippen LogP contribution in [0.25, 0.3) is 43.8 Å². The summed E-state index contributed by atoms with van der Waals surface area (Å²) in [5.74, 6) is 0. The number of hydrogen-bond donors (Lipinski definition) is 0. The van der Waals surface area contributed by atoms with Crippen molar-refractivity contribution in [2.75, 3.05) is 4.90 Å². The average molecular weight is 606 g/mol. The standard InChI is InChI=1S/C44H31NS/c1-2-9-32(10-3-1)34-17-24-39(25-18-34)45(41-28-21-33-11-4-5-13-38(33)31-41)40-26-19-35(20-27-40)36-22-29-42(30-23-36)46-44-16-8-14-37-12-6-7-15-43(37)44/h1-31H. The topological polar surface area (TPSA) is 3.24 Å². The van der Waals surface area contributed by atoms with Gasteiger partial charge in [0, 0.05) is 26.9 Å². The SMILES string of the molecule is c1ccc(-c2ccc(N(c3ccc(-c4ccc(Sc5cccc6ccccc56)cc4)cc3)c3ccc4ccccc4c3)cc2)cc1. The number of fused-ring (bicyclic) bond motifs is 2. The minimum Gasteiger partial charge on any atom is -0.310 e. The zero-order valence-electron chi connectivity index (χ0n) is 25.3. The van der Waals surface area contributed by atoms with E-state index in [0.717, 1.165) is 17.1 Å². The van der Waals surface area contributed by atoms with Gasteiger partial charge in [-0.25, -0.2) is 0 Å². The fraction of sp³-hybridized carbons (Fsp3) is 0. The van der Waals surface area contributed by atoms with Gasteiger partial charge in [-0.15, -0.1) is 0 Å². The Labute approximate surface area is 274 Å². The van der Waals surface area contributed by atoms with E-state index in [0.29, 0.717) is 0 Å². The van der Waals surface area contributed by atoms with Gasteiger partial charge in [-0.3, -0.25) is 0 Å². The largest absolute Gasteiger partial charge is 0.310 e. The highest BCUT2D eigenvalue weighted by molar-refractivity contribution is 7.99. The van der Waals surface area contributed by atoms with Gasteiger partial charge in [-0.2, -0.15) is 0 Å². The van der Waals surface area contributed by atoms with Crippen molar-refractivity contribution in [1.29, 1.82) is 0 Å². The Balaban J connectivity index is 1.10. The monoisotopic (exact) mass is 605 g/mol. The molecule has 0 N–H and O–H groups in total. The van der Waals surface area contributed by atoms with E-state index < -0.39 is 0 Å². The van der Waals surface area contributed by atoms with Crippen LogP contribution in [0.3, 0.4) is 0 Å². The van der Waals surface area contributed by atoms with Gasteiger partial charge < -0.3 is 4.90 Å². The lowest BCUT2D eigenvalue weighted by molar-refractivity contribution is 1.29. The normalized spacial score (nSPS) is 11.1. The maximum atomic E-state index is 2.34. The fourth-order valence-corrected chi connectivity index (χ4v) is 7.10. The Morgan fingerprint density at radius 3 is 1.50 bits per heavy atom. The number of benzene rings is 8. The van der Waals surface area contributed by atoms with E-state index in [1.54, 1.807) is 0 Å². The van der Waals surface area contributed by atoms with Gasteiger partial charge in [0.15, 0.2) is 0 Å². The molecule has 8 rings (SSSR count). The first-order chi connectivity index (χ1) is 22.8. The molecule has 0 amide bonds. The maximum absolute atomic E-state index is 2.34. The lowest BCUT2D eigenvalue weighted by Crippen LogP contribution is -2.09. The van der Waals surface area contributed by atoms with Crippen molar-refractivity contribution >= 4 is 50.4 Å². The molecule has 0 bridgehead atoms. The summed E-state index contributed by atoms with van der Waals surface area (Å²) in [4.78, 5) is 4.86. The van der Waals surface area contributed by atoms with Crippen LogP contribution in [0.5, 0.6) is 0 Å². The highest BCUT2D eigenvalue weighted by atomic mass is 32.2. The smallest absolute Gasteiger partial charge is 0.0468 e. The summed E-state index contributed by atoms with van der Waals surface area (Å²) in [6.07, 6.45) is 0. The molecule has 8 aromatic carbocycles. The Morgan fingerprint density at radius 2 is 0.826 bits per heavy atom. The van der Waals surface area contributed by atoms with E-state index in [1.807, 2.05) is 11.8 Å². The molecule has 0 radical (unpaired) electrons. The molecule has 0 atom stereocenters. The Kier molecular flexibility index (Phi) is 7.55. The first kappa shape index (κ1) is 27.9. The molecule has 8 aromatic rings. The molecule has 0 aliphatic heterocycles. The Morgan fingerprint density at radius 1 is 0.326 bits per heavy atom. The maximum Gasteiger partial charge on any atom is 0.0468 e. The summed E-state index contributed by atoms with van der Waals surface area (Å²) in [5.41, 5.74) is 8.21. The third-order valence-corrected chi connectivity index (χ3v) is 9.60. The predicted molar refractivity (Wildman–Crippen MR) is 198 cm³/mol.